The Morgan fingerprint density at radius 1 is 1.14 bits per heavy atom. The number of anilines is 2. The quantitative estimate of drug-likeness (QED) is 0.629. The number of sulfonamides is 1. The van der Waals surface area contributed by atoms with Crippen LogP contribution in [0, 0.1) is 0 Å². The van der Waals surface area contributed by atoms with Crippen molar-refractivity contribution in [3.05, 3.63) is 45.9 Å². The summed E-state index contributed by atoms with van der Waals surface area (Å²) in [6, 6.07) is 7.02. The third-order valence-corrected chi connectivity index (χ3v) is 6.77. The first kappa shape index (κ1) is 22.3. The molecule has 2 aromatic rings. The smallest absolute Gasteiger partial charge is 0.259 e. The second-order valence-electron chi connectivity index (χ2n) is 5.76. The molecule has 0 saturated carbocycles. The number of halogens is 2. The normalized spacial score (nSPS) is 11.5. The molecule has 0 fully saturated rings. The molecule has 0 heterocycles. The molecule has 0 aromatic heterocycles. The van der Waals surface area contributed by atoms with Crippen molar-refractivity contribution in [2.24, 2.45) is 0 Å². The molecule has 0 radical (unpaired) electrons. The van der Waals surface area contributed by atoms with E-state index in [0.29, 0.717) is 18.8 Å². The number of rotatable bonds is 7. The minimum absolute atomic E-state index is 0.00415. The molecule has 152 valence electrons. The van der Waals surface area contributed by atoms with Crippen molar-refractivity contribution < 1.29 is 17.9 Å². The van der Waals surface area contributed by atoms with Crippen molar-refractivity contribution in [1.82, 2.24) is 4.31 Å². The van der Waals surface area contributed by atoms with Gasteiger partial charge in [0.15, 0.2) is 0 Å². The van der Waals surface area contributed by atoms with E-state index in [9.17, 15) is 13.2 Å². The van der Waals surface area contributed by atoms with E-state index >= 15 is 0 Å². The van der Waals surface area contributed by atoms with Crippen LogP contribution in [0.5, 0.6) is 5.75 Å². The maximum absolute atomic E-state index is 12.8. The van der Waals surface area contributed by atoms with Gasteiger partial charge in [0.25, 0.3) is 5.91 Å². The van der Waals surface area contributed by atoms with E-state index in [-0.39, 0.29) is 31.9 Å². The van der Waals surface area contributed by atoms with Crippen molar-refractivity contribution in [2.75, 3.05) is 31.2 Å². The molecule has 0 atom stereocenters. The molecule has 3 N–H and O–H groups in total. The maximum atomic E-state index is 12.8. The van der Waals surface area contributed by atoms with Crippen molar-refractivity contribution in [2.45, 2.75) is 18.7 Å². The van der Waals surface area contributed by atoms with Crippen LogP contribution >= 0.6 is 23.2 Å². The van der Waals surface area contributed by atoms with Gasteiger partial charge in [0.05, 0.1) is 33.3 Å². The van der Waals surface area contributed by atoms with Gasteiger partial charge in [0.1, 0.15) is 5.75 Å². The molecule has 0 saturated heterocycles. The Bertz CT molecular complexity index is 969. The molecule has 0 bridgehead atoms. The molecule has 0 aliphatic carbocycles. The Balaban J connectivity index is 2.45. The number of nitrogens with two attached hydrogens (primary N) is 1. The summed E-state index contributed by atoms with van der Waals surface area (Å²) in [5.74, 6) is -0.353. The molecular formula is C18H21Cl2N3O4S. The molecule has 0 aliphatic heterocycles. The van der Waals surface area contributed by atoms with Crippen molar-refractivity contribution in [3.8, 4) is 5.75 Å². The van der Waals surface area contributed by atoms with Gasteiger partial charge in [-0.05, 0) is 30.3 Å². The van der Waals surface area contributed by atoms with E-state index in [1.807, 2.05) is 0 Å². The van der Waals surface area contributed by atoms with Gasteiger partial charge >= 0.3 is 0 Å². The Morgan fingerprint density at radius 3 is 2.21 bits per heavy atom. The summed E-state index contributed by atoms with van der Waals surface area (Å²) in [5.41, 5.74) is 6.26. The monoisotopic (exact) mass is 445 g/mol. The highest BCUT2D eigenvalue weighted by Gasteiger charge is 2.24. The van der Waals surface area contributed by atoms with Crippen LogP contribution < -0.4 is 15.8 Å². The predicted octanol–water partition coefficient (Wildman–Crippen LogP) is 3.87. The van der Waals surface area contributed by atoms with Crippen LogP contribution in [-0.4, -0.2) is 38.8 Å². The van der Waals surface area contributed by atoms with Gasteiger partial charge in [-0.3, -0.25) is 4.79 Å². The van der Waals surface area contributed by atoms with Gasteiger partial charge in [-0.15, -0.1) is 0 Å². The summed E-state index contributed by atoms with van der Waals surface area (Å²) >= 11 is 12.0. The summed E-state index contributed by atoms with van der Waals surface area (Å²) in [6.07, 6.45) is 0. The molecular weight excluding hydrogens is 425 g/mol. The average molecular weight is 446 g/mol. The van der Waals surface area contributed by atoms with Gasteiger partial charge < -0.3 is 15.8 Å². The van der Waals surface area contributed by atoms with Gasteiger partial charge in [-0.2, -0.15) is 4.31 Å². The Kier molecular flexibility index (Phi) is 7.16. The molecule has 28 heavy (non-hydrogen) atoms. The highest BCUT2D eigenvalue weighted by Crippen LogP contribution is 2.32. The first-order valence-electron chi connectivity index (χ1n) is 8.39. The number of nitrogen functional groups attached to an aromatic ring is 1. The van der Waals surface area contributed by atoms with Crippen LogP contribution in [0.25, 0.3) is 0 Å². The minimum atomic E-state index is -3.74. The lowest BCUT2D eigenvalue weighted by atomic mass is 10.1. The topological polar surface area (TPSA) is 102 Å². The number of carbonyl (C=O) groups is 1. The van der Waals surface area contributed by atoms with E-state index in [1.165, 1.54) is 41.7 Å². The van der Waals surface area contributed by atoms with Gasteiger partial charge in [0.2, 0.25) is 10.0 Å². The predicted molar refractivity (Wildman–Crippen MR) is 112 cm³/mol. The fourth-order valence-corrected chi connectivity index (χ4v) is 4.56. The number of benzene rings is 2. The van der Waals surface area contributed by atoms with Gasteiger partial charge in [-0.25, -0.2) is 8.42 Å². The number of methoxy groups -OCH3 is 1. The fraction of sp³-hybridized carbons (Fsp3) is 0.278. The number of ether oxygens (including phenoxy) is 1. The lowest BCUT2D eigenvalue weighted by molar-refractivity contribution is 0.102. The number of hydrogen-bond donors (Lipinski definition) is 2. The summed E-state index contributed by atoms with van der Waals surface area (Å²) in [6.45, 7) is 4.11. The Labute approximate surface area is 174 Å². The van der Waals surface area contributed by atoms with Crippen LogP contribution in [-0.2, 0) is 10.0 Å². The zero-order valence-electron chi connectivity index (χ0n) is 15.6. The van der Waals surface area contributed by atoms with E-state index in [0.717, 1.165) is 0 Å². The van der Waals surface area contributed by atoms with Gasteiger partial charge in [-0.1, -0.05) is 37.0 Å². The zero-order chi connectivity index (χ0) is 21.1. The SMILES string of the molecule is CCN(CC)S(=O)(=O)c1ccc(OC)c(C(=O)Nc2cc(Cl)c(N)c(Cl)c2)c1. The van der Waals surface area contributed by atoms with E-state index in [2.05, 4.69) is 5.32 Å². The molecule has 0 spiro atoms. The largest absolute Gasteiger partial charge is 0.496 e. The number of nitrogens with one attached hydrogen (secondary N) is 1. The third kappa shape index (κ3) is 4.52. The van der Waals surface area contributed by atoms with Crippen LogP contribution in [0.2, 0.25) is 10.0 Å². The van der Waals surface area contributed by atoms with Crippen molar-refractivity contribution >= 4 is 50.5 Å². The van der Waals surface area contributed by atoms with E-state index in [1.54, 1.807) is 13.8 Å². The fourth-order valence-electron chi connectivity index (χ4n) is 2.59. The lowest BCUT2D eigenvalue weighted by Crippen LogP contribution is -2.30. The molecule has 2 aromatic carbocycles. The summed E-state index contributed by atoms with van der Waals surface area (Å²) < 4.78 is 32.0. The Morgan fingerprint density at radius 2 is 1.71 bits per heavy atom. The highest BCUT2D eigenvalue weighted by atomic mass is 35.5. The molecule has 1 amide bonds. The first-order chi connectivity index (χ1) is 13.1. The Hall–Kier alpha value is -2.00. The molecule has 7 nitrogen and oxygen atoms in total. The number of nitrogens with zero attached hydrogens (tertiary/aromatic N) is 1. The van der Waals surface area contributed by atoms with Crippen LogP contribution in [0.3, 0.4) is 0 Å². The number of carbonyl (C=O) groups excluding carboxylic acids is 1. The molecule has 2 rings (SSSR count). The number of amides is 1. The summed E-state index contributed by atoms with van der Waals surface area (Å²) in [7, 11) is -2.34. The lowest BCUT2D eigenvalue weighted by Gasteiger charge is -2.19. The first-order valence-corrected chi connectivity index (χ1v) is 10.6. The third-order valence-electron chi connectivity index (χ3n) is 4.10. The molecule has 0 aliphatic rings. The molecule has 0 unspecified atom stereocenters. The van der Waals surface area contributed by atoms with Crippen molar-refractivity contribution in [1.29, 1.82) is 0 Å². The van der Waals surface area contributed by atoms with E-state index < -0.39 is 15.9 Å². The zero-order valence-corrected chi connectivity index (χ0v) is 18.0. The standard InChI is InChI=1S/C18H21Cl2N3O4S/c1-4-23(5-2)28(25,26)12-6-7-16(27-3)13(10-12)18(24)22-11-8-14(19)17(21)15(20)9-11/h6-10H,4-5,21H2,1-3H3,(H,22,24). The van der Waals surface area contributed by atoms with Gasteiger partial charge in [0, 0.05) is 18.8 Å². The highest BCUT2D eigenvalue weighted by molar-refractivity contribution is 7.89. The van der Waals surface area contributed by atoms with Crippen LogP contribution in [0.15, 0.2) is 35.2 Å². The maximum Gasteiger partial charge on any atom is 0.259 e. The second kappa shape index (κ2) is 9.00. The summed E-state index contributed by atoms with van der Waals surface area (Å²) in [5, 5.41) is 3.00. The minimum Gasteiger partial charge on any atom is -0.496 e. The van der Waals surface area contributed by atoms with E-state index in [4.69, 9.17) is 33.7 Å². The number of hydrogen-bond acceptors (Lipinski definition) is 5. The average Bonchev–Trinajstić information content (AvgIpc) is 2.66. The molecule has 10 heteroatoms. The van der Waals surface area contributed by atoms with Crippen molar-refractivity contribution in [3.63, 3.8) is 0 Å². The van der Waals surface area contributed by atoms with Crippen LogP contribution in [0.1, 0.15) is 24.2 Å². The second-order valence-corrected chi connectivity index (χ2v) is 8.51. The summed E-state index contributed by atoms with van der Waals surface area (Å²) in [4.78, 5) is 12.8. The van der Waals surface area contributed by atoms with Crippen LogP contribution in [0.4, 0.5) is 11.4 Å².